The second kappa shape index (κ2) is 10.6. The fraction of sp³-hybridized carbons (Fsp3) is 0.409. The lowest BCUT2D eigenvalue weighted by Gasteiger charge is -2.20. The number of nitrogen functional groups attached to an aromatic ring is 1. The van der Waals surface area contributed by atoms with Gasteiger partial charge in [0.15, 0.2) is 11.0 Å². The third-order valence-electron chi connectivity index (χ3n) is 4.93. The fourth-order valence-electron chi connectivity index (χ4n) is 3.15. The van der Waals surface area contributed by atoms with Gasteiger partial charge < -0.3 is 21.3 Å². The minimum Gasteiger partial charge on any atom is -0.383 e. The van der Waals surface area contributed by atoms with Crippen molar-refractivity contribution in [3.63, 3.8) is 0 Å². The standard InChI is InChI=1S/C22H28ClN9O2S/c1-11(28-20(34)16-12(9-32(5)6)18(24)27-10-26-16)21-25-8-14(35-21)19(33)29-15-7-13(22(2,3)4)17(23)31-30-15/h7-8,10-11H,9H2,1-6H3,(H,28,34)(H2,24,26,27)(H,29,30,33). The molecule has 1 atom stereocenters. The lowest BCUT2D eigenvalue weighted by molar-refractivity contribution is 0.0932. The Morgan fingerprint density at radius 3 is 2.54 bits per heavy atom. The number of anilines is 2. The molecule has 0 aliphatic heterocycles. The molecule has 13 heteroatoms. The van der Waals surface area contributed by atoms with Crippen molar-refractivity contribution in [2.24, 2.45) is 0 Å². The number of rotatable bonds is 7. The van der Waals surface area contributed by atoms with Crippen molar-refractivity contribution in [2.75, 3.05) is 25.1 Å². The predicted molar refractivity (Wildman–Crippen MR) is 136 cm³/mol. The quantitative estimate of drug-likeness (QED) is 0.429. The Labute approximate surface area is 212 Å². The van der Waals surface area contributed by atoms with E-state index in [1.807, 2.05) is 39.8 Å². The molecule has 0 spiro atoms. The van der Waals surface area contributed by atoms with Crippen molar-refractivity contribution in [3.05, 3.63) is 50.4 Å². The summed E-state index contributed by atoms with van der Waals surface area (Å²) in [4.78, 5) is 40.3. The summed E-state index contributed by atoms with van der Waals surface area (Å²) in [6.45, 7) is 8.16. The third kappa shape index (κ3) is 6.47. The summed E-state index contributed by atoms with van der Waals surface area (Å²) in [6.07, 6.45) is 2.71. The van der Waals surface area contributed by atoms with E-state index in [1.54, 1.807) is 13.0 Å². The zero-order valence-corrected chi connectivity index (χ0v) is 22.0. The van der Waals surface area contributed by atoms with Crippen molar-refractivity contribution in [3.8, 4) is 0 Å². The first-order valence-electron chi connectivity index (χ1n) is 10.7. The molecule has 0 aromatic carbocycles. The van der Waals surface area contributed by atoms with Gasteiger partial charge in [0, 0.05) is 17.7 Å². The topological polar surface area (TPSA) is 152 Å². The number of hydrogen-bond donors (Lipinski definition) is 3. The van der Waals surface area contributed by atoms with Crippen LogP contribution in [0.2, 0.25) is 5.15 Å². The van der Waals surface area contributed by atoms with E-state index in [9.17, 15) is 9.59 Å². The van der Waals surface area contributed by atoms with Gasteiger partial charge in [-0.25, -0.2) is 15.0 Å². The van der Waals surface area contributed by atoms with Gasteiger partial charge in [-0.05, 0) is 32.5 Å². The van der Waals surface area contributed by atoms with Gasteiger partial charge in [-0.2, -0.15) is 0 Å². The van der Waals surface area contributed by atoms with Gasteiger partial charge in [0.1, 0.15) is 27.7 Å². The number of nitrogens with two attached hydrogens (primary N) is 1. The van der Waals surface area contributed by atoms with E-state index >= 15 is 0 Å². The molecule has 0 aliphatic rings. The largest absolute Gasteiger partial charge is 0.383 e. The maximum atomic E-state index is 12.9. The minimum absolute atomic E-state index is 0.198. The zero-order chi connectivity index (χ0) is 25.9. The number of carbonyl (C=O) groups is 2. The van der Waals surface area contributed by atoms with E-state index < -0.39 is 11.9 Å². The SMILES string of the molecule is CC(NC(=O)c1ncnc(N)c1CN(C)C)c1ncc(C(=O)Nc2cc(C(C)(C)C)c(Cl)nn2)s1. The van der Waals surface area contributed by atoms with Crippen LogP contribution in [0.25, 0.3) is 0 Å². The van der Waals surface area contributed by atoms with Crippen molar-refractivity contribution < 1.29 is 9.59 Å². The zero-order valence-electron chi connectivity index (χ0n) is 20.4. The Morgan fingerprint density at radius 2 is 1.89 bits per heavy atom. The molecule has 0 saturated carbocycles. The van der Waals surface area contributed by atoms with Crippen LogP contribution in [-0.2, 0) is 12.0 Å². The molecule has 11 nitrogen and oxygen atoms in total. The highest BCUT2D eigenvalue weighted by molar-refractivity contribution is 7.13. The summed E-state index contributed by atoms with van der Waals surface area (Å²) in [6, 6.07) is 1.23. The Morgan fingerprint density at radius 1 is 1.17 bits per heavy atom. The molecule has 3 heterocycles. The summed E-state index contributed by atoms with van der Waals surface area (Å²) in [7, 11) is 3.72. The predicted octanol–water partition coefficient (Wildman–Crippen LogP) is 3.06. The molecule has 4 N–H and O–H groups in total. The van der Waals surface area contributed by atoms with Gasteiger partial charge in [-0.3, -0.25) is 9.59 Å². The maximum absolute atomic E-state index is 12.9. The first-order chi connectivity index (χ1) is 16.4. The highest BCUT2D eigenvalue weighted by atomic mass is 35.5. The number of halogens is 1. The van der Waals surface area contributed by atoms with Gasteiger partial charge in [-0.1, -0.05) is 32.4 Å². The van der Waals surface area contributed by atoms with Crippen molar-refractivity contribution >= 4 is 46.4 Å². The molecule has 0 saturated heterocycles. The van der Waals surface area contributed by atoms with Crippen LogP contribution in [0.4, 0.5) is 11.6 Å². The van der Waals surface area contributed by atoms with Gasteiger partial charge in [0.25, 0.3) is 11.8 Å². The molecule has 0 bridgehead atoms. The molecule has 0 radical (unpaired) electrons. The molecule has 3 aromatic rings. The van der Waals surface area contributed by atoms with Crippen LogP contribution in [0.5, 0.6) is 0 Å². The van der Waals surface area contributed by atoms with E-state index in [0.717, 1.165) is 16.9 Å². The third-order valence-corrected chi connectivity index (χ3v) is 6.39. The van der Waals surface area contributed by atoms with Crippen molar-refractivity contribution in [1.29, 1.82) is 0 Å². The average Bonchev–Trinajstić information content (AvgIpc) is 3.26. The number of carbonyl (C=O) groups excluding carboxylic acids is 2. The van der Waals surface area contributed by atoms with E-state index in [1.165, 1.54) is 12.5 Å². The summed E-state index contributed by atoms with van der Waals surface area (Å²) in [5.74, 6) is -0.258. The molecule has 1 unspecified atom stereocenters. The van der Waals surface area contributed by atoms with Crippen LogP contribution < -0.4 is 16.4 Å². The van der Waals surface area contributed by atoms with Crippen LogP contribution >= 0.6 is 22.9 Å². The highest BCUT2D eigenvalue weighted by Crippen LogP contribution is 2.29. The minimum atomic E-state index is -0.472. The summed E-state index contributed by atoms with van der Waals surface area (Å²) < 4.78 is 0. The van der Waals surface area contributed by atoms with Crippen molar-refractivity contribution in [2.45, 2.75) is 45.7 Å². The van der Waals surface area contributed by atoms with Crippen LogP contribution in [-0.4, -0.2) is 56.0 Å². The molecular weight excluding hydrogens is 490 g/mol. The van der Waals surface area contributed by atoms with Crippen LogP contribution in [0, 0.1) is 0 Å². The average molecular weight is 518 g/mol. The number of aromatic nitrogens is 5. The van der Waals surface area contributed by atoms with Gasteiger partial charge in [0.2, 0.25) is 0 Å². The first kappa shape index (κ1) is 26.4. The Balaban J connectivity index is 1.72. The van der Waals surface area contributed by atoms with Crippen LogP contribution in [0.1, 0.15) is 70.0 Å². The highest BCUT2D eigenvalue weighted by Gasteiger charge is 2.23. The van der Waals surface area contributed by atoms with Gasteiger partial charge >= 0.3 is 0 Å². The van der Waals surface area contributed by atoms with Crippen LogP contribution in [0.15, 0.2) is 18.6 Å². The smallest absolute Gasteiger partial charge is 0.270 e. The molecule has 2 amide bonds. The number of amides is 2. The Hall–Kier alpha value is -3.22. The lowest BCUT2D eigenvalue weighted by atomic mass is 9.88. The van der Waals surface area contributed by atoms with Crippen molar-refractivity contribution in [1.82, 2.24) is 35.4 Å². The van der Waals surface area contributed by atoms with E-state index in [0.29, 0.717) is 27.1 Å². The second-order valence-corrected chi connectivity index (χ2v) is 10.6. The molecule has 3 aromatic heterocycles. The Bertz CT molecular complexity index is 1240. The lowest BCUT2D eigenvalue weighted by Crippen LogP contribution is -2.30. The number of thiazole rings is 1. The first-order valence-corrected chi connectivity index (χ1v) is 11.9. The maximum Gasteiger partial charge on any atom is 0.270 e. The van der Waals surface area contributed by atoms with E-state index in [-0.39, 0.29) is 28.7 Å². The molecule has 186 valence electrons. The summed E-state index contributed by atoms with van der Waals surface area (Å²) in [5, 5.41) is 14.3. The number of nitrogens with one attached hydrogen (secondary N) is 2. The Kier molecular flexibility index (Phi) is 7.98. The normalized spacial score (nSPS) is 12.5. The molecular formula is C22H28ClN9O2S. The number of hydrogen-bond acceptors (Lipinski definition) is 10. The summed E-state index contributed by atoms with van der Waals surface area (Å²) in [5.41, 5.74) is 7.20. The monoisotopic (exact) mass is 517 g/mol. The van der Waals surface area contributed by atoms with E-state index in [2.05, 4.69) is 35.8 Å². The molecule has 0 fully saturated rings. The van der Waals surface area contributed by atoms with E-state index in [4.69, 9.17) is 17.3 Å². The van der Waals surface area contributed by atoms with Gasteiger partial charge in [-0.15, -0.1) is 21.5 Å². The molecule has 3 rings (SSSR count). The summed E-state index contributed by atoms with van der Waals surface area (Å²) >= 11 is 7.31. The molecule has 35 heavy (non-hydrogen) atoms. The number of nitrogens with zero attached hydrogens (tertiary/aromatic N) is 6. The fourth-order valence-corrected chi connectivity index (χ4v) is 4.35. The molecule has 0 aliphatic carbocycles. The second-order valence-electron chi connectivity index (χ2n) is 9.22. The van der Waals surface area contributed by atoms with Crippen LogP contribution in [0.3, 0.4) is 0 Å². The van der Waals surface area contributed by atoms with Gasteiger partial charge in [0.05, 0.1) is 12.2 Å².